The highest BCUT2D eigenvalue weighted by Crippen LogP contribution is 2.30. The van der Waals surface area contributed by atoms with Gasteiger partial charge in [0, 0.05) is 63.8 Å². The first-order valence-electron chi connectivity index (χ1n) is 8.41. The van der Waals surface area contributed by atoms with Crippen LogP contribution in [0.2, 0.25) is 0 Å². The molecule has 138 valence electrons. The molecule has 2 fully saturated rings. The van der Waals surface area contributed by atoms with Gasteiger partial charge in [0.1, 0.15) is 17.8 Å². The standard InChI is InChI=1S/C16H18F3N7/c17-16(18,19)13-8-14(23-11-22-13)26-9-12(10-26)24-4-6-25(7-5-24)15-20-2-1-3-21-15/h1-3,8,11-12H,4-7,9-10H2. The zero-order valence-electron chi connectivity index (χ0n) is 14.0. The Morgan fingerprint density at radius 3 is 2.23 bits per heavy atom. The molecule has 2 aromatic heterocycles. The van der Waals surface area contributed by atoms with E-state index in [4.69, 9.17) is 0 Å². The zero-order valence-corrected chi connectivity index (χ0v) is 14.0. The van der Waals surface area contributed by atoms with Crippen molar-refractivity contribution in [2.24, 2.45) is 0 Å². The lowest BCUT2D eigenvalue weighted by Crippen LogP contribution is -2.63. The van der Waals surface area contributed by atoms with Gasteiger partial charge in [-0.3, -0.25) is 4.90 Å². The van der Waals surface area contributed by atoms with Crippen molar-refractivity contribution in [1.82, 2.24) is 24.8 Å². The van der Waals surface area contributed by atoms with E-state index in [2.05, 4.69) is 29.7 Å². The summed E-state index contributed by atoms with van der Waals surface area (Å²) in [5, 5.41) is 0. The van der Waals surface area contributed by atoms with Gasteiger partial charge in [0.25, 0.3) is 0 Å². The summed E-state index contributed by atoms with van der Waals surface area (Å²) in [7, 11) is 0. The number of hydrogen-bond donors (Lipinski definition) is 0. The van der Waals surface area contributed by atoms with Gasteiger partial charge in [0.15, 0.2) is 0 Å². The van der Waals surface area contributed by atoms with Crippen molar-refractivity contribution in [2.75, 3.05) is 49.1 Å². The second-order valence-electron chi connectivity index (χ2n) is 6.39. The highest BCUT2D eigenvalue weighted by Gasteiger charge is 2.37. The van der Waals surface area contributed by atoms with Gasteiger partial charge in [-0.2, -0.15) is 13.2 Å². The molecule has 0 N–H and O–H groups in total. The Morgan fingerprint density at radius 1 is 0.885 bits per heavy atom. The second-order valence-corrected chi connectivity index (χ2v) is 6.39. The summed E-state index contributed by atoms with van der Waals surface area (Å²) >= 11 is 0. The van der Waals surface area contributed by atoms with Gasteiger partial charge in [-0.25, -0.2) is 19.9 Å². The maximum atomic E-state index is 12.8. The average molecular weight is 365 g/mol. The highest BCUT2D eigenvalue weighted by atomic mass is 19.4. The van der Waals surface area contributed by atoms with Crippen molar-refractivity contribution in [3.63, 3.8) is 0 Å². The van der Waals surface area contributed by atoms with Crippen LogP contribution in [0.1, 0.15) is 5.69 Å². The third-order valence-electron chi connectivity index (χ3n) is 4.79. The molecule has 4 heterocycles. The Bertz CT molecular complexity index is 741. The van der Waals surface area contributed by atoms with E-state index in [1.54, 1.807) is 18.5 Å². The predicted molar refractivity (Wildman–Crippen MR) is 88.9 cm³/mol. The van der Waals surface area contributed by atoms with Crippen LogP contribution in [-0.2, 0) is 6.18 Å². The third kappa shape index (κ3) is 3.41. The van der Waals surface area contributed by atoms with Gasteiger partial charge in [-0.15, -0.1) is 0 Å². The first-order valence-corrected chi connectivity index (χ1v) is 8.41. The molecule has 2 aromatic rings. The first kappa shape index (κ1) is 17.0. The lowest BCUT2D eigenvalue weighted by Gasteiger charge is -2.48. The number of piperazine rings is 1. The summed E-state index contributed by atoms with van der Waals surface area (Å²) in [4.78, 5) is 22.2. The normalized spacial score (nSPS) is 19.5. The molecule has 0 aromatic carbocycles. The Labute approximate surface area is 148 Å². The monoisotopic (exact) mass is 365 g/mol. The summed E-state index contributed by atoms with van der Waals surface area (Å²) in [5.41, 5.74) is -0.901. The van der Waals surface area contributed by atoms with E-state index in [0.29, 0.717) is 24.9 Å². The quantitative estimate of drug-likeness (QED) is 0.812. The molecule has 0 saturated carbocycles. The molecular weight excluding hydrogens is 347 g/mol. The molecule has 7 nitrogen and oxygen atoms in total. The van der Waals surface area contributed by atoms with Gasteiger partial charge < -0.3 is 9.80 Å². The topological polar surface area (TPSA) is 61.3 Å². The van der Waals surface area contributed by atoms with Crippen LogP contribution >= 0.6 is 0 Å². The molecule has 10 heteroatoms. The van der Waals surface area contributed by atoms with Gasteiger partial charge in [-0.1, -0.05) is 0 Å². The maximum Gasteiger partial charge on any atom is 0.433 e. The number of alkyl halides is 3. The van der Waals surface area contributed by atoms with E-state index in [1.165, 1.54) is 0 Å². The number of aromatic nitrogens is 4. The molecule has 26 heavy (non-hydrogen) atoms. The summed E-state index contributed by atoms with van der Waals surface area (Å²) in [6.45, 7) is 4.80. The van der Waals surface area contributed by atoms with E-state index < -0.39 is 11.9 Å². The highest BCUT2D eigenvalue weighted by molar-refractivity contribution is 5.43. The number of nitrogens with zero attached hydrogens (tertiary/aromatic N) is 7. The lowest BCUT2D eigenvalue weighted by molar-refractivity contribution is -0.141. The van der Waals surface area contributed by atoms with Crippen LogP contribution in [0.3, 0.4) is 0 Å². The molecule has 0 bridgehead atoms. The van der Waals surface area contributed by atoms with Gasteiger partial charge in [0.2, 0.25) is 5.95 Å². The number of rotatable bonds is 3. The molecule has 2 aliphatic rings. The van der Waals surface area contributed by atoms with E-state index in [0.717, 1.165) is 44.5 Å². The first-order chi connectivity index (χ1) is 12.5. The van der Waals surface area contributed by atoms with Crippen LogP contribution in [0.25, 0.3) is 0 Å². The van der Waals surface area contributed by atoms with E-state index in [9.17, 15) is 13.2 Å². The van der Waals surface area contributed by atoms with Crippen molar-refractivity contribution in [3.8, 4) is 0 Å². The lowest BCUT2D eigenvalue weighted by atomic mass is 10.1. The fourth-order valence-electron chi connectivity index (χ4n) is 3.29. The largest absolute Gasteiger partial charge is 0.433 e. The maximum absolute atomic E-state index is 12.8. The van der Waals surface area contributed by atoms with Gasteiger partial charge >= 0.3 is 6.18 Å². The molecule has 4 rings (SSSR count). The van der Waals surface area contributed by atoms with Crippen molar-refractivity contribution in [3.05, 3.63) is 36.5 Å². The Hall–Kier alpha value is -2.49. The molecule has 0 radical (unpaired) electrons. The van der Waals surface area contributed by atoms with Crippen LogP contribution in [0.15, 0.2) is 30.9 Å². The Kier molecular flexibility index (Phi) is 4.35. The minimum atomic E-state index is -4.45. The molecular formula is C16H18F3N7. The fraction of sp³-hybridized carbons (Fsp3) is 0.500. The molecule has 0 spiro atoms. The molecule has 0 aliphatic carbocycles. The minimum absolute atomic E-state index is 0.332. The van der Waals surface area contributed by atoms with Crippen LogP contribution in [0, 0.1) is 0 Å². The number of anilines is 2. The average Bonchev–Trinajstić information content (AvgIpc) is 2.61. The van der Waals surface area contributed by atoms with Crippen molar-refractivity contribution < 1.29 is 13.2 Å². The van der Waals surface area contributed by atoms with Crippen molar-refractivity contribution in [1.29, 1.82) is 0 Å². The van der Waals surface area contributed by atoms with Crippen LogP contribution in [0.4, 0.5) is 24.9 Å². The molecule has 0 atom stereocenters. The minimum Gasteiger partial charge on any atom is -0.353 e. The molecule has 0 amide bonds. The van der Waals surface area contributed by atoms with Crippen LogP contribution < -0.4 is 9.80 Å². The predicted octanol–water partition coefficient (Wildman–Crippen LogP) is 1.30. The third-order valence-corrected chi connectivity index (χ3v) is 4.79. The number of halogens is 3. The second kappa shape index (κ2) is 6.67. The fourth-order valence-corrected chi connectivity index (χ4v) is 3.29. The van der Waals surface area contributed by atoms with Crippen LogP contribution in [0.5, 0.6) is 0 Å². The summed E-state index contributed by atoms with van der Waals surface area (Å²) in [6.07, 6.45) is -0.00716. The molecule has 0 unspecified atom stereocenters. The van der Waals surface area contributed by atoms with Crippen molar-refractivity contribution >= 4 is 11.8 Å². The van der Waals surface area contributed by atoms with E-state index >= 15 is 0 Å². The van der Waals surface area contributed by atoms with Gasteiger partial charge in [-0.05, 0) is 6.07 Å². The summed E-state index contributed by atoms with van der Waals surface area (Å²) < 4.78 is 38.3. The zero-order chi connectivity index (χ0) is 18.1. The SMILES string of the molecule is FC(F)(F)c1cc(N2CC(N3CCN(c4ncccn4)CC3)C2)ncn1. The summed E-state index contributed by atoms with van der Waals surface area (Å²) in [5.74, 6) is 1.07. The smallest absolute Gasteiger partial charge is 0.353 e. The van der Waals surface area contributed by atoms with Crippen molar-refractivity contribution in [2.45, 2.75) is 12.2 Å². The van der Waals surface area contributed by atoms with E-state index in [-0.39, 0.29) is 0 Å². The number of hydrogen-bond acceptors (Lipinski definition) is 7. The van der Waals surface area contributed by atoms with Gasteiger partial charge in [0.05, 0.1) is 0 Å². The Morgan fingerprint density at radius 2 is 1.58 bits per heavy atom. The summed E-state index contributed by atoms with van der Waals surface area (Å²) in [6, 6.07) is 3.14. The Balaban J connectivity index is 1.31. The molecule has 2 saturated heterocycles. The van der Waals surface area contributed by atoms with E-state index in [1.807, 2.05) is 4.90 Å². The van der Waals surface area contributed by atoms with Crippen LogP contribution in [-0.4, -0.2) is 70.1 Å². The molecule has 2 aliphatic heterocycles.